The minimum absolute atomic E-state index is 0.163. The highest BCUT2D eigenvalue weighted by Crippen LogP contribution is 2.15. The number of rotatable bonds is 18. The standard InChI is InChI=1S/C22H42O3/c1-20(21(2)23)18-16-14-12-10-8-6-4-3-5-7-9-11-13-15-17-19-22(24)25/h3,5,20-21,23H,4,6-19H2,1-2H3,(H,24,25)/b5-3-. The quantitative estimate of drug-likeness (QED) is 0.218. The van der Waals surface area contributed by atoms with Gasteiger partial charge in [0.2, 0.25) is 0 Å². The van der Waals surface area contributed by atoms with Crippen LogP contribution in [-0.4, -0.2) is 22.3 Å². The van der Waals surface area contributed by atoms with Gasteiger partial charge in [-0.3, -0.25) is 4.79 Å². The highest BCUT2D eigenvalue weighted by Gasteiger charge is 2.07. The molecule has 0 saturated carbocycles. The van der Waals surface area contributed by atoms with E-state index in [-0.39, 0.29) is 6.10 Å². The highest BCUT2D eigenvalue weighted by atomic mass is 16.4. The molecule has 0 aliphatic carbocycles. The van der Waals surface area contributed by atoms with E-state index in [2.05, 4.69) is 19.1 Å². The molecule has 0 heterocycles. The van der Waals surface area contributed by atoms with Gasteiger partial charge >= 0.3 is 5.97 Å². The second-order valence-corrected chi connectivity index (χ2v) is 7.59. The molecule has 0 aromatic rings. The predicted molar refractivity (Wildman–Crippen MR) is 107 cm³/mol. The summed E-state index contributed by atoms with van der Waals surface area (Å²) in [6.45, 7) is 4.02. The molecule has 0 aliphatic rings. The van der Waals surface area contributed by atoms with Crippen LogP contribution in [0.15, 0.2) is 12.2 Å². The molecule has 0 spiro atoms. The summed E-state index contributed by atoms with van der Waals surface area (Å²) in [7, 11) is 0. The molecule has 3 heteroatoms. The van der Waals surface area contributed by atoms with Gasteiger partial charge in [0, 0.05) is 6.42 Å². The number of hydrogen-bond donors (Lipinski definition) is 2. The van der Waals surface area contributed by atoms with Crippen LogP contribution in [0.1, 0.15) is 110 Å². The van der Waals surface area contributed by atoms with Crippen molar-refractivity contribution in [3.63, 3.8) is 0 Å². The van der Waals surface area contributed by atoms with Gasteiger partial charge < -0.3 is 10.2 Å². The summed E-state index contributed by atoms with van der Waals surface area (Å²) in [5.74, 6) is -0.233. The van der Waals surface area contributed by atoms with Crippen molar-refractivity contribution in [1.82, 2.24) is 0 Å². The fraction of sp³-hybridized carbons (Fsp3) is 0.864. The maximum atomic E-state index is 10.4. The maximum Gasteiger partial charge on any atom is 0.303 e. The summed E-state index contributed by atoms with van der Waals surface area (Å²) >= 11 is 0. The van der Waals surface area contributed by atoms with E-state index < -0.39 is 5.97 Å². The molecule has 0 radical (unpaired) electrons. The summed E-state index contributed by atoms with van der Waals surface area (Å²) < 4.78 is 0. The van der Waals surface area contributed by atoms with E-state index in [1.54, 1.807) is 0 Å². The van der Waals surface area contributed by atoms with Gasteiger partial charge in [0.1, 0.15) is 0 Å². The molecule has 0 aromatic carbocycles. The number of carboxylic acid groups (broad SMARTS) is 1. The summed E-state index contributed by atoms with van der Waals surface area (Å²) in [6.07, 6.45) is 21.7. The Morgan fingerprint density at radius 2 is 1.20 bits per heavy atom. The van der Waals surface area contributed by atoms with Crippen molar-refractivity contribution in [2.45, 2.75) is 116 Å². The number of carboxylic acids is 1. The van der Waals surface area contributed by atoms with Gasteiger partial charge in [-0.2, -0.15) is 0 Å². The van der Waals surface area contributed by atoms with Crippen molar-refractivity contribution in [3.05, 3.63) is 12.2 Å². The van der Waals surface area contributed by atoms with Crippen LogP contribution in [0.2, 0.25) is 0 Å². The van der Waals surface area contributed by atoms with Crippen LogP contribution in [-0.2, 0) is 4.79 Å². The zero-order chi connectivity index (χ0) is 18.8. The third-order valence-corrected chi connectivity index (χ3v) is 5.03. The first-order valence-electron chi connectivity index (χ1n) is 10.6. The van der Waals surface area contributed by atoms with Crippen LogP contribution >= 0.6 is 0 Å². The van der Waals surface area contributed by atoms with Crippen molar-refractivity contribution >= 4 is 5.97 Å². The minimum atomic E-state index is -0.672. The van der Waals surface area contributed by atoms with Crippen molar-refractivity contribution in [2.24, 2.45) is 5.92 Å². The predicted octanol–water partition coefficient (Wildman–Crippen LogP) is 6.50. The van der Waals surface area contributed by atoms with Crippen molar-refractivity contribution in [2.75, 3.05) is 0 Å². The first-order valence-corrected chi connectivity index (χ1v) is 10.6. The summed E-state index contributed by atoms with van der Waals surface area (Å²) in [5, 5.41) is 18.0. The fourth-order valence-corrected chi connectivity index (χ4v) is 2.98. The van der Waals surface area contributed by atoms with E-state index >= 15 is 0 Å². The van der Waals surface area contributed by atoms with Crippen molar-refractivity contribution < 1.29 is 15.0 Å². The maximum absolute atomic E-state index is 10.4. The van der Waals surface area contributed by atoms with E-state index in [4.69, 9.17) is 5.11 Å². The van der Waals surface area contributed by atoms with E-state index in [1.807, 2.05) is 6.92 Å². The third-order valence-electron chi connectivity index (χ3n) is 5.03. The number of hydrogen-bond acceptors (Lipinski definition) is 2. The van der Waals surface area contributed by atoms with Gasteiger partial charge in [0.25, 0.3) is 0 Å². The summed E-state index contributed by atoms with van der Waals surface area (Å²) in [5.41, 5.74) is 0. The molecule has 0 aliphatic heterocycles. The van der Waals surface area contributed by atoms with Crippen LogP contribution in [0, 0.1) is 5.92 Å². The molecule has 0 bridgehead atoms. The molecule has 0 amide bonds. The number of aliphatic carboxylic acids is 1. The van der Waals surface area contributed by atoms with E-state index in [1.165, 1.54) is 64.2 Å². The lowest BCUT2D eigenvalue weighted by Crippen LogP contribution is -2.12. The van der Waals surface area contributed by atoms with Gasteiger partial charge in [-0.15, -0.1) is 0 Å². The molecule has 0 fully saturated rings. The molecular formula is C22H42O3. The Kier molecular flexibility index (Phi) is 17.4. The Bertz CT molecular complexity index is 323. The molecule has 2 unspecified atom stereocenters. The number of unbranched alkanes of at least 4 members (excludes halogenated alkanes) is 11. The van der Waals surface area contributed by atoms with Gasteiger partial charge in [-0.05, 0) is 51.4 Å². The Morgan fingerprint density at radius 1 is 0.760 bits per heavy atom. The average Bonchev–Trinajstić information content (AvgIpc) is 2.57. The smallest absolute Gasteiger partial charge is 0.303 e. The molecule has 2 N–H and O–H groups in total. The normalized spacial score (nSPS) is 14.0. The van der Waals surface area contributed by atoms with Crippen molar-refractivity contribution in [1.29, 1.82) is 0 Å². The zero-order valence-corrected chi connectivity index (χ0v) is 16.7. The van der Waals surface area contributed by atoms with E-state index in [0.717, 1.165) is 25.7 Å². The second kappa shape index (κ2) is 18.0. The summed E-state index contributed by atoms with van der Waals surface area (Å²) in [6, 6.07) is 0. The Hall–Kier alpha value is -0.830. The van der Waals surface area contributed by atoms with Gasteiger partial charge in [-0.1, -0.05) is 70.4 Å². The highest BCUT2D eigenvalue weighted by molar-refractivity contribution is 5.66. The lowest BCUT2D eigenvalue weighted by atomic mass is 9.98. The SMILES string of the molecule is CC(O)C(C)CCCCCCCC/C=C\CCCCCCCC(=O)O. The molecule has 148 valence electrons. The average molecular weight is 355 g/mol. The number of aliphatic hydroxyl groups is 1. The molecule has 2 atom stereocenters. The van der Waals surface area contributed by atoms with Crippen LogP contribution in [0.3, 0.4) is 0 Å². The number of carbonyl (C=O) groups is 1. The van der Waals surface area contributed by atoms with Crippen LogP contribution < -0.4 is 0 Å². The topological polar surface area (TPSA) is 57.5 Å². The fourth-order valence-electron chi connectivity index (χ4n) is 2.98. The summed E-state index contributed by atoms with van der Waals surface area (Å²) in [4.78, 5) is 10.4. The molecule has 3 nitrogen and oxygen atoms in total. The number of allylic oxidation sites excluding steroid dienone is 2. The Labute approximate surface area is 155 Å². The van der Waals surface area contributed by atoms with Gasteiger partial charge in [0.15, 0.2) is 0 Å². The van der Waals surface area contributed by atoms with Crippen molar-refractivity contribution in [3.8, 4) is 0 Å². The first kappa shape index (κ1) is 24.2. The molecule has 0 rings (SSSR count). The number of aliphatic hydroxyl groups excluding tert-OH is 1. The third kappa shape index (κ3) is 19.3. The molecule has 25 heavy (non-hydrogen) atoms. The molecule has 0 aromatic heterocycles. The minimum Gasteiger partial charge on any atom is -0.481 e. The monoisotopic (exact) mass is 354 g/mol. The zero-order valence-electron chi connectivity index (χ0n) is 16.7. The lowest BCUT2D eigenvalue weighted by molar-refractivity contribution is -0.137. The largest absolute Gasteiger partial charge is 0.481 e. The first-order chi connectivity index (χ1) is 12.0. The van der Waals surface area contributed by atoms with E-state index in [0.29, 0.717) is 12.3 Å². The van der Waals surface area contributed by atoms with Crippen LogP contribution in [0.5, 0.6) is 0 Å². The Morgan fingerprint density at radius 3 is 1.68 bits per heavy atom. The Balaban J connectivity index is 3.17. The van der Waals surface area contributed by atoms with Crippen LogP contribution in [0.4, 0.5) is 0 Å². The van der Waals surface area contributed by atoms with Gasteiger partial charge in [0.05, 0.1) is 6.10 Å². The van der Waals surface area contributed by atoms with Crippen LogP contribution in [0.25, 0.3) is 0 Å². The van der Waals surface area contributed by atoms with E-state index in [9.17, 15) is 9.90 Å². The molecule has 0 saturated heterocycles. The molecular weight excluding hydrogens is 312 g/mol. The second-order valence-electron chi connectivity index (χ2n) is 7.59. The van der Waals surface area contributed by atoms with Gasteiger partial charge in [-0.25, -0.2) is 0 Å². The lowest BCUT2D eigenvalue weighted by Gasteiger charge is -2.13.